The van der Waals surface area contributed by atoms with Gasteiger partial charge in [-0.2, -0.15) is 0 Å². The van der Waals surface area contributed by atoms with E-state index in [2.05, 4.69) is 12.2 Å². The van der Waals surface area contributed by atoms with Crippen LogP contribution in [-0.4, -0.2) is 23.9 Å². The van der Waals surface area contributed by atoms with Gasteiger partial charge in [0.25, 0.3) is 0 Å². The Bertz CT molecular complexity index is 175. The Morgan fingerprint density at radius 1 is 1.42 bits per heavy atom. The van der Waals surface area contributed by atoms with Crippen molar-refractivity contribution < 1.29 is 9.47 Å². The first-order chi connectivity index (χ1) is 5.85. The zero-order chi connectivity index (χ0) is 8.44. The van der Waals surface area contributed by atoms with Crippen LogP contribution in [0.1, 0.15) is 32.1 Å². The molecule has 2 rings (SSSR count). The van der Waals surface area contributed by atoms with Crippen LogP contribution in [0.4, 0.5) is 0 Å². The lowest BCUT2D eigenvalue weighted by Gasteiger charge is -2.20. The monoisotopic (exact) mass is 186 g/mol. The van der Waals surface area contributed by atoms with Gasteiger partial charge in [-0.25, -0.2) is 0 Å². The highest BCUT2D eigenvalue weighted by Crippen LogP contribution is 2.41. The molecule has 3 heteroatoms. The fraction of sp³-hybridized carbons (Fsp3) is 0.889. The van der Waals surface area contributed by atoms with E-state index in [9.17, 15) is 0 Å². The highest BCUT2D eigenvalue weighted by atomic mass is 32.1. The zero-order valence-electron chi connectivity index (χ0n) is 7.12. The summed E-state index contributed by atoms with van der Waals surface area (Å²) in [4.78, 5) is 0. The largest absolute Gasteiger partial charge is 0.484 e. The first-order valence-corrected chi connectivity index (χ1v) is 5.05. The molecule has 0 bridgehead atoms. The number of ether oxygens (including phenoxy) is 2. The van der Waals surface area contributed by atoms with Gasteiger partial charge in [0.15, 0.2) is 0 Å². The fourth-order valence-electron chi connectivity index (χ4n) is 2.34. The van der Waals surface area contributed by atoms with E-state index < -0.39 is 0 Å². The first kappa shape index (κ1) is 8.45. The Hall–Kier alpha value is -0.150. The second-order valence-electron chi connectivity index (χ2n) is 3.76. The SMILES string of the molecule is S=COC1COC2(CCCC2)C1. The van der Waals surface area contributed by atoms with Crippen LogP contribution in [-0.2, 0) is 9.47 Å². The Kier molecular flexibility index (Phi) is 2.33. The van der Waals surface area contributed by atoms with Crippen molar-refractivity contribution in [3.8, 4) is 0 Å². The Morgan fingerprint density at radius 2 is 2.17 bits per heavy atom. The van der Waals surface area contributed by atoms with Crippen molar-refractivity contribution in [1.82, 2.24) is 0 Å². The topological polar surface area (TPSA) is 18.5 Å². The van der Waals surface area contributed by atoms with E-state index in [0.29, 0.717) is 0 Å². The minimum Gasteiger partial charge on any atom is -0.484 e. The van der Waals surface area contributed by atoms with Gasteiger partial charge in [0, 0.05) is 6.42 Å². The van der Waals surface area contributed by atoms with Gasteiger partial charge in [-0.1, -0.05) is 12.8 Å². The van der Waals surface area contributed by atoms with Crippen LogP contribution in [0.15, 0.2) is 0 Å². The predicted octanol–water partition coefficient (Wildman–Crippen LogP) is 2.06. The molecule has 1 spiro atoms. The maximum atomic E-state index is 5.78. The summed E-state index contributed by atoms with van der Waals surface area (Å²) in [7, 11) is 0. The van der Waals surface area contributed by atoms with Gasteiger partial charge in [0.2, 0.25) is 0 Å². The lowest BCUT2D eigenvalue weighted by atomic mass is 9.97. The van der Waals surface area contributed by atoms with Crippen molar-refractivity contribution in [2.75, 3.05) is 6.61 Å². The molecule has 2 aliphatic rings. The van der Waals surface area contributed by atoms with E-state index in [-0.39, 0.29) is 11.7 Å². The van der Waals surface area contributed by atoms with E-state index in [4.69, 9.17) is 9.47 Å². The molecule has 1 heterocycles. The van der Waals surface area contributed by atoms with Gasteiger partial charge in [-0.15, -0.1) is 0 Å². The maximum absolute atomic E-state index is 5.78. The lowest BCUT2D eigenvalue weighted by Crippen LogP contribution is -2.23. The van der Waals surface area contributed by atoms with E-state index in [1.165, 1.54) is 31.2 Å². The summed E-state index contributed by atoms with van der Waals surface area (Å²) in [5, 5.41) is 0. The summed E-state index contributed by atoms with van der Waals surface area (Å²) < 4.78 is 11.0. The molecule has 1 atom stereocenters. The molecule has 2 fully saturated rings. The summed E-state index contributed by atoms with van der Waals surface area (Å²) >= 11 is 4.65. The van der Waals surface area contributed by atoms with Crippen LogP contribution < -0.4 is 0 Å². The molecule has 2 nitrogen and oxygen atoms in total. The van der Waals surface area contributed by atoms with E-state index in [0.717, 1.165) is 13.0 Å². The summed E-state index contributed by atoms with van der Waals surface area (Å²) in [6, 6.07) is 0. The van der Waals surface area contributed by atoms with Crippen LogP contribution in [0.25, 0.3) is 0 Å². The molecule has 1 unspecified atom stereocenters. The average molecular weight is 186 g/mol. The van der Waals surface area contributed by atoms with Crippen molar-refractivity contribution in [2.45, 2.75) is 43.8 Å². The van der Waals surface area contributed by atoms with Crippen molar-refractivity contribution in [3.05, 3.63) is 0 Å². The third kappa shape index (κ3) is 1.48. The third-order valence-electron chi connectivity index (χ3n) is 2.94. The van der Waals surface area contributed by atoms with E-state index >= 15 is 0 Å². The predicted molar refractivity (Wildman–Crippen MR) is 50.3 cm³/mol. The molecule has 0 aromatic carbocycles. The minimum absolute atomic E-state index is 0.170. The van der Waals surface area contributed by atoms with Crippen molar-refractivity contribution in [2.24, 2.45) is 0 Å². The van der Waals surface area contributed by atoms with Gasteiger partial charge >= 0.3 is 0 Å². The lowest BCUT2D eigenvalue weighted by molar-refractivity contribution is 0.00763. The smallest absolute Gasteiger partial charge is 0.146 e. The molecular formula is C9H14O2S. The molecule has 1 aliphatic heterocycles. The second kappa shape index (κ2) is 3.30. The minimum atomic E-state index is 0.170. The van der Waals surface area contributed by atoms with Gasteiger partial charge in [0.1, 0.15) is 11.7 Å². The Balaban J connectivity index is 1.91. The van der Waals surface area contributed by atoms with Crippen LogP contribution in [0.3, 0.4) is 0 Å². The first-order valence-electron chi connectivity index (χ1n) is 4.58. The number of hydrogen-bond acceptors (Lipinski definition) is 3. The second-order valence-corrected chi connectivity index (χ2v) is 3.95. The van der Waals surface area contributed by atoms with Crippen LogP contribution in [0, 0.1) is 0 Å². The normalized spacial score (nSPS) is 32.5. The van der Waals surface area contributed by atoms with Gasteiger partial charge in [-0.3, -0.25) is 0 Å². The molecule has 68 valence electrons. The average Bonchev–Trinajstić information content (AvgIpc) is 2.65. The molecule has 0 amide bonds. The third-order valence-corrected chi connectivity index (χ3v) is 3.05. The molecule has 1 saturated carbocycles. The Morgan fingerprint density at radius 3 is 2.83 bits per heavy atom. The maximum Gasteiger partial charge on any atom is 0.146 e. The summed E-state index contributed by atoms with van der Waals surface area (Å²) in [6.45, 7) is 0.729. The van der Waals surface area contributed by atoms with Gasteiger partial charge < -0.3 is 9.47 Å². The highest BCUT2D eigenvalue weighted by molar-refractivity contribution is 7.78. The molecule has 0 N–H and O–H groups in total. The zero-order valence-corrected chi connectivity index (χ0v) is 7.94. The van der Waals surface area contributed by atoms with E-state index in [1.807, 2.05) is 0 Å². The van der Waals surface area contributed by atoms with Crippen molar-refractivity contribution in [3.63, 3.8) is 0 Å². The van der Waals surface area contributed by atoms with Crippen molar-refractivity contribution in [1.29, 1.82) is 0 Å². The van der Waals surface area contributed by atoms with Crippen LogP contribution >= 0.6 is 12.2 Å². The molecule has 0 aromatic rings. The molecular weight excluding hydrogens is 172 g/mol. The number of rotatable bonds is 2. The van der Waals surface area contributed by atoms with Gasteiger partial charge in [-0.05, 0) is 25.1 Å². The summed E-state index contributed by atoms with van der Waals surface area (Å²) in [5.74, 6) is 0. The standard InChI is InChI=1S/C9H14O2S/c12-7-10-8-5-9(11-6-8)3-1-2-4-9/h7-8H,1-6H2. The molecule has 1 saturated heterocycles. The summed E-state index contributed by atoms with van der Waals surface area (Å²) in [6.07, 6.45) is 6.31. The van der Waals surface area contributed by atoms with Crippen LogP contribution in [0.2, 0.25) is 0 Å². The number of hydrogen-bond donors (Lipinski definition) is 0. The molecule has 12 heavy (non-hydrogen) atoms. The fourth-order valence-corrected chi connectivity index (χ4v) is 2.49. The molecule has 0 radical (unpaired) electrons. The highest BCUT2D eigenvalue weighted by Gasteiger charge is 2.42. The van der Waals surface area contributed by atoms with Crippen LogP contribution in [0.5, 0.6) is 0 Å². The van der Waals surface area contributed by atoms with Gasteiger partial charge in [0.05, 0.1) is 12.2 Å². The summed E-state index contributed by atoms with van der Waals surface area (Å²) in [5.41, 5.74) is 1.53. The van der Waals surface area contributed by atoms with E-state index in [1.54, 1.807) is 0 Å². The van der Waals surface area contributed by atoms with Crippen molar-refractivity contribution >= 4 is 17.8 Å². The molecule has 1 aliphatic carbocycles. The Labute approximate surface area is 78.2 Å². The number of thiocarbonyl (C=S) groups is 1. The molecule has 0 aromatic heterocycles. The quantitative estimate of drug-likeness (QED) is 0.615.